The van der Waals surface area contributed by atoms with E-state index in [4.69, 9.17) is 4.74 Å². The lowest BCUT2D eigenvalue weighted by atomic mass is 10.5. The highest BCUT2D eigenvalue weighted by Gasteiger charge is 2.08. The molecule has 0 bridgehead atoms. The lowest BCUT2D eigenvalue weighted by molar-refractivity contribution is 0.0543. The normalized spacial score (nSPS) is 9.42. The van der Waals surface area contributed by atoms with Crippen molar-refractivity contribution >= 4 is 17.3 Å². The van der Waals surface area contributed by atoms with Crippen molar-refractivity contribution in [2.75, 3.05) is 6.61 Å². The Balaban J connectivity index is 2.59. The third-order valence-corrected chi connectivity index (χ3v) is 1.93. The van der Waals surface area contributed by atoms with Crippen LogP contribution in [0.5, 0.6) is 0 Å². The minimum absolute atomic E-state index is 0.232. The molecule has 0 N–H and O–H groups in total. The Hall–Kier alpha value is -1.16. The van der Waals surface area contributed by atoms with E-state index in [1.165, 1.54) is 17.4 Å². The van der Waals surface area contributed by atoms with Crippen LogP contribution in [0.1, 0.15) is 15.5 Å². The molecule has 12 heavy (non-hydrogen) atoms. The van der Waals surface area contributed by atoms with E-state index in [9.17, 15) is 4.79 Å². The molecule has 0 aliphatic heterocycles. The molecule has 0 aliphatic carbocycles. The highest BCUT2D eigenvalue weighted by atomic mass is 32.1. The first-order valence-electron chi connectivity index (χ1n) is 3.44. The summed E-state index contributed by atoms with van der Waals surface area (Å²) in [5.41, 5.74) is 0.374. The standard InChI is InChI=1S/C8H9NO2S/c1-3-4-11-8(10)7-5-12-6(2)9-7/h3,5H,1,4H2,2H3. The summed E-state index contributed by atoms with van der Waals surface area (Å²) in [7, 11) is 0. The molecule has 4 heteroatoms. The van der Waals surface area contributed by atoms with E-state index in [0.717, 1.165) is 5.01 Å². The molecule has 0 spiro atoms. The SMILES string of the molecule is C=CCOC(=O)c1csc(C)n1. The van der Waals surface area contributed by atoms with Crippen molar-refractivity contribution in [1.29, 1.82) is 0 Å². The second-order valence-corrected chi connectivity index (χ2v) is 3.20. The number of thiazole rings is 1. The van der Waals surface area contributed by atoms with Gasteiger partial charge < -0.3 is 4.74 Å². The predicted molar refractivity (Wildman–Crippen MR) is 47.3 cm³/mol. The zero-order valence-corrected chi connectivity index (χ0v) is 7.56. The number of aromatic nitrogens is 1. The minimum atomic E-state index is -0.390. The van der Waals surface area contributed by atoms with Gasteiger partial charge in [0.1, 0.15) is 6.61 Å². The molecule has 64 valence electrons. The smallest absolute Gasteiger partial charge is 0.358 e. The van der Waals surface area contributed by atoms with Gasteiger partial charge in [-0.25, -0.2) is 9.78 Å². The zero-order valence-electron chi connectivity index (χ0n) is 6.74. The summed E-state index contributed by atoms with van der Waals surface area (Å²) >= 11 is 1.43. The molecule has 0 fully saturated rings. The molecule has 0 aliphatic rings. The highest BCUT2D eigenvalue weighted by Crippen LogP contribution is 2.08. The summed E-state index contributed by atoms with van der Waals surface area (Å²) in [6, 6.07) is 0. The molecular weight excluding hydrogens is 174 g/mol. The van der Waals surface area contributed by atoms with Crippen LogP contribution in [0.15, 0.2) is 18.0 Å². The molecule has 0 radical (unpaired) electrons. The van der Waals surface area contributed by atoms with Crippen molar-refractivity contribution < 1.29 is 9.53 Å². The molecule has 0 unspecified atom stereocenters. The van der Waals surface area contributed by atoms with Crippen LogP contribution in [0.25, 0.3) is 0 Å². The molecule has 1 aromatic heterocycles. The quantitative estimate of drug-likeness (QED) is 0.529. The number of carbonyl (C=O) groups excluding carboxylic acids is 1. The van der Waals surface area contributed by atoms with Crippen molar-refractivity contribution in [3.63, 3.8) is 0 Å². The molecule has 0 saturated heterocycles. The Bertz CT molecular complexity index is 293. The number of hydrogen-bond donors (Lipinski definition) is 0. The van der Waals surface area contributed by atoms with Gasteiger partial charge in [0, 0.05) is 5.38 Å². The van der Waals surface area contributed by atoms with Crippen LogP contribution in [0.4, 0.5) is 0 Å². The van der Waals surface area contributed by atoms with Gasteiger partial charge in [-0.1, -0.05) is 12.7 Å². The van der Waals surface area contributed by atoms with Crippen LogP contribution in [0.3, 0.4) is 0 Å². The maximum absolute atomic E-state index is 11.1. The second kappa shape index (κ2) is 4.01. The first-order chi connectivity index (χ1) is 5.74. The average Bonchev–Trinajstić information content (AvgIpc) is 2.47. The van der Waals surface area contributed by atoms with Crippen molar-refractivity contribution in [2.45, 2.75) is 6.92 Å². The van der Waals surface area contributed by atoms with E-state index < -0.39 is 0 Å². The van der Waals surface area contributed by atoms with E-state index in [1.807, 2.05) is 6.92 Å². The van der Waals surface area contributed by atoms with E-state index in [-0.39, 0.29) is 12.6 Å². The molecule has 0 atom stereocenters. The zero-order chi connectivity index (χ0) is 8.97. The Morgan fingerprint density at radius 1 is 1.92 bits per heavy atom. The monoisotopic (exact) mass is 183 g/mol. The van der Waals surface area contributed by atoms with E-state index >= 15 is 0 Å². The number of esters is 1. The predicted octanol–water partition coefficient (Wildman–Crippen LogP) is 1.79. The number of aryl methyl sites for hydroxylation is 1. The highest BCUT2D eigenvalue weighted by molar-refractivity contribution is 7.09. The molecular formula is C8H9NO2S. The Labute approximate surface area is 74.7 Å². The fourth-order valence-electron chi connectivity index (χ4n) is 0.666. The first kappa shape index (κ1) is 8.93. The summed E-state index contributed by atoms with van der Waals surface area (Å²) < 4.78 is 4.78. The fourth-order valence-corrected chi connectivity index (χ4v) is 1.25. The number of ether oxygens (including phenoxy) is 1. The van der Waals surface area contributed by atoms with Crippen LogP contribution in [-0.4, -0.2) is 17.6 Å². The van der Waals surface area contributed by atoms with E-state index in [2.05, 4.69) is 11.6 Å². The molecule has 1 rings (SSSR count). The van der Waals surface area contributed by atoms with Crippen molar-refractivity contribution in [3.8, 4) is 0 Å². The van der Waals surface area contributed by atoms with Gasteiger partial charge in [-0.3, -0.25) is 0 Å². The molecule has 1 aromatic rings. The van der Waals surface area contributed by atoms with Gasteiger partial charge in [0.15, 0.2) is 5.69 Å². The second-order valence-electron chi connectivity index (χ2n) is 2.14. The van der Waals surface area contributed by atoms with Gasteiger partial charge in [0.2, 0.25) is 0 Å². The van der Waals surface area contributed by atoms with Crippen molar-refractivity contribution in [2.24, 2.45) is 0 Å². The maximum Gasteiger partial charge on any atom is 0.358 e. The molecule has 0 saturated carbocycles. The molecule has 1 heterocycles. The van der Waals surface area contributed by atoms with E-state index in [1.54, 1.807) is 5.38 Å². The van der Waals surface area contributed by atoms with Crippen molar-refractivity contribution in [1.82, 2.24) is 4.98 Å². The van der Waals surface area contributed by atoms with Crippen molar-refractivity contribution in [3.05, 3.63) is 28.7 Å². The van der Waals surface area contributed by atoms with Crippen LogP contribution < -0.4 is 0 Å². The lowest BCUT2D eigenvalue weighted by Gasteiger charge is -1.96. The summed E-state index contributed by atoms with van der Waals surface area (Å²) in [6.07, 6.45) is 1.52. The largest absolute Gasteiger partial charge is 0.457 e. The third-order valence-electron chi connectivity index (χ3n) is 1.16. The Morgan fingerprint density at radius 3 is 3.17 bits per heavy atom. The number of nitrogens with zero attached hydrogens (tertiary/aromatic N) is 1. The Morgan fingerprint density at radius 2 is 2.67 bits per heavy atom. The fraction of sp³-hybridized carbons (Fsp3) is 0.250. The van der Waals surface area contributed by atoms with Gasteiger partial charge in [0.05, 0.1) is 5.01 Å². The summed E-state index contributed by atoms with van der Waals surface area (Å²) in [5, 5.41) is 2.54. The first-order valence-corrected chi connectivity index (χ1v) is 4.32. The van der Waals surface area contributed by atoms with Crippen LogP contribution in [-0.2, 0) is 4.74 Å². The topological polar surface area (TPSA) is 39.2 Å². The van der Waals surface area contributed by atoms with E-state index in [0.29, 0.717) is 5.69 Å². The van der Waals surface area contributed by atoms with Crippen LogP contribution in [0, 0.1) is 6.92 Å². The van der Waals surface area contributed by atoms with Gasteiger partial charge in [-0.2, -0.15) is 0 Å². The van der Waals surface area contributed by atoms with Gasteiger partial charge in [-0.05, 0) is 6.92 Å². The summed E-state index contributed by atoms with van der Waals surface area (Å²) in [5.74, 6) is -0.390. The minimum Gasteiger partial charge on any atom is -0.457 e. The summed E-state index contributed by atoms with van der Waals surface area (Å²) in [4.78, 5) is 15.1. The van der Waals surface area contributed by atoms with Crippen LogP contribution in [0.2, 0.25) is 0 Å². The molecule has 0 amide bonds. The average molecular weight is 183 g/mol. The number of carbonyl (C=O) groups is 1. The maximum atomic E-state index is 11.1. The Kier molecular flexibility index (Phi) is 2.99. The third kappa shape index (κ3) is 2.17. The lowest BCUT2D eigenvalue weighted by Crippen LogP contribution is -2.05. The number of hydrogen-bond acceptors (Lipinski definition) is 4. The van der Waals surface area contributed by atoms with Gasteiger partial charge >= 0.3 is 5.97 Å². The summed E-state index contributed by atoms with van der Waals surface area (Å²) in [6.45, 7) is 5.51. The molecule has 0 aromatic carbocycles. The van der Waals surface area contributed by atoms with Gasteiger partial charge in [0.25, 0.3) is 0 Å². The molecule has 3 nitrogen and oxygen atoms in total. The number of rotatable bonds is 3. The van der Waals surface area contributed by atoms with Crippen LogP contribution >= 0.6 is 11.3 Å². The van der Waals surface area contributed by atoms with Gasteiger partial charge in [-0.15, -0.1) is 11.3 Å².